The first-order valence-corrected chi connectivity index (χ1v) is 7.12. The third kappa shape index (κ3) is 1.39. The first-order valence-electron chi connectivity index (χ1n) is 7.12. The first kappa shape index (κ1) is 11.8. The Hall–Kier alpha value is -1.96. The molecule has 100 valence electrons. The highest BCUT2D eigenvalue weighted by atomic mass is 14.8. The molecule has 0 unspecified atom stereocenters. The van der Waals surface area contributed by atoms with Crippen molar-refractivity contribution in [1.29, 1.82) is 0 Å². The topological polar surface area (TPSA) is 24.7 Å². The van der Waals surface area contributed by atoms with Crippen LogP contribution < -0.4 is 10.6 Å². The molecule has 0 atom stereocenters. The molecule has 0 spiro atoms. The minimum Gasteiger partial charge on any atom is -0.283 e. The van der Waals surface area contributed by atoms with Gasteiger partial charge in [0.15, 0.2) is 0 Å². The number of rotatable bonds is 0. The highest BCUT2D eigenvalue weighted by Gasteiger charge is 2.34. The summed E-state index contributed by atoms with van der Waals surface area (Å²) in [5.41, 5.74) is 4.72. The monoisotopic (exact) mass is 262 g/mol. The fourth-order valence-electron chi connectivity index (χ4n) is 3.17. The van der Waals surface area contributed by atoms with Gasteiger partial charge in [0.1, 0.15) is 0 Å². The fourth-order valence-corrected chi connectivity index (χ4v) is 3.17. The Balaban J connectivity index is 2.23. The first-order chi connectivity index (χ1) is 9.38. The summed E-state index contributed by atoms with van der Waals surface area (Å²) in [7, 11) is 0. The van der Waals surface area contributed by atoms with E-state index in [0.717, 1.165) is 11.1 Å². The van der Waals surface area contributed by atoms with Gasteiger partial charge in [-0.1, -0.05) is 32.1 Å². The lowest BCUT2D eigenvalue weighted by molar-refractivity contribution is 0.600. The number of benzene rings is 1. The van der Waals surface area contributed by atoms with Crippen LogP contribution in [0.25, 0.3) is 17.7 Å². The highest BCUT2D eigenvalue weighted by Crippen LogP contribution is 2.40. The molecule has 0 amide bonds. The van der Waals surface area contributed by atoms with Crippen molar-refractivity contribution in [3.8, 4) is 0 Å². The SMILES string of the molecule is CC1(C)/C=C\c2c3c4ccc2=C(C=N1)C(C)(C)C(=C3)N=4. The van der Waals surface area contributed by atoms with Crippen molar-refractivity contribution in [3.05, 3.63) is 45.6 Å². The van der Waals surface area contributed by atoms with Crippen LogP contribution in [0.1, 0.15) is 38.8 Å². The molecular weight excluding hydrogens is 244 g/mol. The van der Waals surface area contributed by atoms with Gasteiger partial charge >= 0.3 is 0 Å². The molecule has 0 fully saturated rings. The van der Waals surface area contributed by atoms with Crippen LogP contribution in [-0.2, 0) is 0 Å². The normalized spacial score (nSPS) is 24.6. The molecule has 0 saturated heterocycles. The van der Waals surface area contributed by atoms with Crippen molar-refractivity contribution in [1.82, 2.24) is 0 Å². The van der Waals surface area contributed by atoms with Crippen molar-refractivity contribution in [2.75, 3.05) is 0 Å². The molecule has 2 aliphatic heterocycles. The lowest BCUT2D eigenvalue weighted by Crippen LogP contribution is -2.30. The van der Waals surface area contributed by atoms with Gasteiger partial charge < -0.3 is 0 Å². The molecule has 1 aromatic rings. The van der Waals surface area contributed by atoms with Gasteiger partial charge in [0.25, 0.3) is 0 Å². The van der Waals surface area contributed by atoms with Crippen molar-refractivity contribution in [2.45, 2.75) is 33.2 Å². The maximum atomic E-state index is 4.81. The molecule has 2 heterocycles. The van der Waals surface area contributed by atoms with Gasteiger partial charge in [-0.15, -0.1) is 0 Å². The van der Waals surface area contributed by atoms with Crippen molar-refractivity contribution < 1.29 is 0 Å². The van der Waals surface area contributed by atoms with E-state index in [1.807, 2.05) is 0 Å². The third-order valence-electron chi connectivity index (χ3n) is 4.57. The van der Waals surface area contributed by atoms with Gasteiger partial charge in [0.05, 0.1) is 16.6 Å². The molecule has 1 aromatic carbocycles. The average Bonchev–Trinajstić information content (AvgIpc) is 2.76. The summed E-state index contributed by atoms with van der Waals surface area (Å²) < 4.78 is 0. The Bertz CT molecular complexity index is 846. The molecule has 0 saturated carbocycles. The molecule has 5 bridgehead atoms. The number of hydrogen-bond acceptors (Lipinski definition) is 2. The predicted octanol–water partition coefficient (Wildman–Crippen LogP) is 2.73. The zero-order valence-electron chi connectivity index (χ0n) is 12.4. The van der Waals surface area contributed by atoms with Crippen molar-refractivity contribution >= 4 is 23.9 Å². The van der Waals surface area contributed by atoms with Gasteiger partial charge in [-0.3, -0.25) is 9.98 Å². The summed E-state index contributed by atoms with van der Waals surface area (Å²) in [5.74, 6) is 0. The molecule has 2 heteroatoms. The predicted molar refractivity (Wildman–Crippen MR) is 84.0 cm³/mol. The van der Waals surface area contributed by atoms with Crippen molar-refractivity contribution in [2.24, 2.45) is 15.4 Å². The summed E-state index contributed by atoms with van der Waals surface area (Å²) >= 11 is 0. The summed E-state index contributed by atoms with van der Waals surface area (Å²) in [4.78, 5) is 9.58. The van der Waals surface area contributed by atoms with Crippen LogP contribution >= 0.6 is 0 Å². The lowest BCUT2D eigenvalue weighted by Gasteiger charge is -2.28. The minimum atomic E-state index is -0.160. The Kier molecular flexibility index (Phi) is 2.00. The maximum Gasteiger partial charge on any atom is 0.0734 e. The molecule has 3 aliphatic rings. The Morgan fingerprint density at radius 3 is 2.60 bits per heavy atom. The summed E-state index contributed by atoms with van der Waals surface area (Å²) in [6.45, 7) is 8.76. The number of hydrogen-bond donors (Lipinski definition) is 0. The quantitative estimate of drug-likeness (QED) is 0.687. The Morgan fingerprint density at radius 1 is 1.00 bits per heavy atom. The lowest BCUT2D eigenvalue weighted by atomic mass is 9.80. The van der Waals surface area contributed by atoms with Crippen LogP contribution in [0.2, 0.25) is 0 Å². The molecule has 20 heavy (non-hydrogen) atoms. The highest BCUT2D eigenvalue weighted by molar-refractivity contribution is 6.07. The number of allylic oxidation sites excluding steroid dienone is 1. The van der Waals surface area contributed by atoms with E-state index in [2.05, 4.69) is 64.3 Å². The average molecular weight is 262 g/mol. The molecule has 1 aliphatic carbocycles. The van der Waals surface area contributed by atoms with E-state index < -0.39 is 0 Å². The second-order valence-electron chi connectivity index (χ2n) is 6.88. The molecule has 2 nitrogen and oxygen atoms in total. The number of aliphatic imine (C=N–C) groups is 1. The second kappa shape index (κ2) is 3.38. The summed E-state index contributed by atoms with van der Waals surface area (Å²) in [6.07, 6.45) is 8.72. The Labute approximate surface area is 119 Å². The van der Waals surface area contributed by atoms with Gasteiger partial charge in [0.2, 0.25) is 0 Å². The van der Waals surface area contributed by atoms with Crippen molar-refractivity contribution in [3.63, 3.8) is 0 Å². The van der Waals surface area contributed by atoms with Gasteiger partial charge in [-0.2, -0.15) is 0 Å². The van der Waals surface area contributed by atoms with E-state index >= 15 is 0 Å². The van der Waals surface area contributed by atoms with Crippen LogP contribution in [0.3, 0.4) is 0 Å². The van der Waals surface area contributed by atoms with E-state index in [0.29, 0.717) is 0 Å². The number of nitrogens with zero attached hydrogens (tertiary/aromatic N) is 2. The maximum absolute atomic E-state index is 4.81. The van der Waals surface area contributed by atoms with E-state index in [9.17, 15) is 0 Å². The van der Waals surface area contributed by atoms with Gasteiger partial charge in [-0.25, -0.2) is 0 Å². The molecule has 0 radical (unpaired) electrons. The molecule has 0 aromatic heterocycles. The van der Waals surface area contributed by atoms with Crippen LogP contribution in [0.5, 0.6) is 0 Å². The largest absolute Gasteiger partial charge is 0.283 e. The van der Waals surface area contributed by atoms with E-state index in [1.54, 1.807) is 0 Å². The zero-order chi connectivity index (χ0) is 14.1. The Morgan fingerprint density at radius 2 is 1.80 bits per heavy atom. The molecule has 0 N–H and O–H groups in total. The summed E-state index contributed by atoms with van der Waals surface area (Å²) in [6, 6.07) is 4.32. The van der Waals surface area contributed by atoms with Crippen LogP contribution in [0.15, 0.2) is 33.9 Å². The zero-order valence-corrected chi connectivity index (χ0v) is 12.4. The standard InChI is InChI=1S/C18H18N2/c1-17(2)8-7-11-12-5-6-15-13(11)9-16(20-15)18(3,4)14(12)10-19-17/h5-10H,1-4H3/b8-7-,19-10?. The molecule has 4 rings (SSSR count). The summed E-state index contributed by atoms with van der Waals surface area (Å²) in [5, 5.41) is 2.40. The van der Waals surface area contributed by atoms with E-state index in [4.69, 9.17) is 9.98 Å². The van der Waals surface area contributed by atoms with Crippen LogP contribution in [0, 0.1) is 5.41 Å². The van der Waals surface area contributed by atoms with E-state index in [-0.39, 0.29) is 11.0 Å². The fraction of sp³-hybridized carbons (Fsp3) is 0.333. The third-order valence-corrected chi connectivity index (χ3v) is 4.57. The second-order valence-corrected chi connectivity index (χ2v) is 6.88. The van der Waals surface area contributed by atoms with Gasteiger partial charge in [-0.05, 0) is 42.3 Å². The molecular formula is C18H18N2. The minimum absolute atomic E-state index is 0.0976. The van der Waals surface area contributed by atoms with E-state index in [1.165, 1.54) is 21.9 Å². The van der Waals surface area contributed by atoms with Crippen LogP contribution in [0.4, 0.5) is 0 Å². The smallest absolute Gasteiger partial charge is 0.0734 e. The van der Waals surface area contributed by atoms with Gasteiger partial charge in [0, 0.05) is 17.2 Å². The van der Waals surface area contributed by atoms with Crippen LogP contribution in [-0.4, -0.2) is 11.8 Å².